The lowest BCUT2D eigenvalue weighted by Gasteiger charge is -2.10. The fourth-order valence-corrected chi connectivity index (χ4v) is 2.55. The number of carbonyl (C=O) groups is 1. The van der Waals surface area contributed by atoms with Gasteiger partial charge < -0.3 is 5.11 Å². The molecule has 0 saturated heterocycles. The summed E-state index contributed by atoms with van der Waals surface area (Å²) in [5.41, 5.74) is 0.969. The van der Waals surface area contributed by atoms with Crippen LogP contribution in [0.2, 0.25) is 0 Å². The van der Waals surface area contributed by atoms with Crippen LogP contribution in [0.3, 0.4) is 0 Å². The maximum Gasteiger partial charge on any atom is 0.336 e. The van der Waals surface area contributed by atoms with Crippen LogP contribution in [0.15, 0.2) is 18.5 Å². The molecule has 0 aliphatic heterocycles. The Bertz CT molecular complexity index is 570. The number of nitrogens with zero attached hydrogens (tertiary/aromatic N) is 3. The Labute approximate surface area is 98.1 Å². The lowest BCUT2D eigenvalue weighted by Crippen LogP contribution is -2.07. The van der Waals surface area contributed by atoms with Gasteiger partial charge in [-0.3, -0.25) is 0 Å². The average Bonchev–Trinajstić information content (AvgIpc) is 2.96. The van der Waals surface area contributed by atoms with Crippen LogP contribution in [0.25, 0.3) is 11.0 Å². The topological polar surface area (TPSA) is 68.0 Å². The molecular formula is C12H13N3O2. The number of rotatable bonds is 2. The third-order valence-corrected chi connectivity index (χ3v) is 3.40. The Morgan fingerprint density at radius 2 is 2.18 bits per heavy atom. The largest absolute Gasteiger partial charge is 0.478 e. The van der Waals surface area contributed by atoms with Gasteiger partial charge in [0.2, 0.25) is 0 Å². The second-order valence-corrected chi connectivity index (χ2v) is 4.43. The molecule has 2 aromatic rings. The molecule has 5 nitrogen and oxygen atoms in total. The first-order chi connectivity index (χ1) is 8.27. The van der Waals surface area contributed by atoms with E-state index >= 15 is 0 Å². The highest BCUT2D eigenvalue weighted by atomic mass is 16.4. The Balaban J connectivity index is 2.15. The summed E-state index contributed by atoms with van der Waals surface area (Å²) in [6.07, 6.45) is 7.80. The molecule has 1 N–H and O–H groups in total. The molecule has 1 saturated carbocycles. The number of aromatic carboxylic acids is 1. The molecule has 1 aliphatic rings. The highest BCUT2D eigenvalue weighted by Crippen LogP contribution is 2.31. The molecule has 0 radical (unpaired) electrons. The van der Waals surface area contributed by atoms with E-state index < -0.39 is 5.97 Å². The van der Waals surface area contributed by atoms with Crippen LogP contribution in [0.1, 0.15) is 42.1 Å². The Morgan fingerprint density at radius 1 is 1.41 bits per heavy atom. The van der Waals surface area contributed by atoms with Gasteiger partial charge in [0.15, 0.2) is 5.65 Å². The molecular weight excluding hydrogens is 218 g/mol. The maximum absolute atomic E-state index is 11.1. The van der Waals surface area contributed by atoms with Crippen molar-refractivity contribution in [1.29, 1.82) is 0 Å². The van der Waals surface area contributed by atoms with Crippen LogP contribution < -0.4 is 0 Å². The fourth-order valence-electron chi connectivity index (χ4n) is 2.55. The summed E-state index contributed by atoms with van der Waals surface area (Å²) < 4.78 is 1.88. The first kappa shape index (κ1) is 10.3. The van der Waals surface area contributed by atoms with Gasteiger partial charge >= 0.3 is 5.97 Å². The summed E-state index contributed by atoms with van der Waals surface area (Å²) >= 11 is 0. The molecule has 0 atom stereocenters. The Morgan fingerprint density at radius 3 is 2.88 bits per heavy atom. The van der Waals surface area contributed by atoms with Gasteiger partial charge in [-0.25, -0.2) is 14.5 Å². The van der Waals surface area contributed by atoms with Crippen molar-refractivity contribution in [2.24, 2.45) is 0 Å². The second-order valence-electron chi connectivity index (χ2n) is 4.43. The molecule has 5 heteroatoms. The summed E-state index contributed by atoms with van der Waals surface area (Å²) in [5, 5.41) is 14.0. The minimum Gasteiger partial charge on any atom is -0.478 e. The highest BCUT2D eigenvalue weighted by molar-refractivity contribution is 6.01. The number of pyridine rings is 1. The number of carboxylic acids is 1. The minimum absolute atomic E-state index is 0.277. The molecule has 0 aromatic carbocycles. The smallest absolute Gasteiger partial charge is 0.336 e. The molecule has 0 spiro atoms. The van der Waals surface area contributed by atoms with Crippen molar-refractivity contribution in [2.75, 3.05) is 0 Å². The zero-order valence-electron chi connectivity index (χ0n) is 9.33. The van der Waals surface area contributed by atoms with Crippen molar-refractivity contribution in [3.63, 3.8) is 0 Å². The van der Waals surface area contributed by atoms with Crippen LogP contribution in [0, 0.1) is 0 Å². The van der Waals surface area contributed by atoms with Crippen LogP contribution in [0.5, 0.6) is 0 Å². The Kier molecular flexibility index (Phi) is 2.31. The van der Waals surface area contributed by atoms with E-state index in [-0.39, 0.29) is 5.56 Å². The van der Waals surface area contributed by atoms with Crippen molar-refractivity contribution in [1.82, 2.24) is 14.8 Å². The number of carboxylic acid groups (broad SMARTS) is 1. The lowest BCUT2D eigenvalue weighted by atomic mass is 10.2. The first-order valence-electron chi connectivity index (χ1n) is 5.83. The number of hydrogen-bond acceptors (Lipinski definition) is 3. The van der Waals surface area contributed by atoms with Crippen LogP contribution in [-0.2, 0) is 0 Å². The van der Waals surface area contributed by atoms with E-state index in [0.717, 1.165) is 12.8 Å². The van der Waals surface area contributed by atoms with Crippen molar-refractivity contribution in [2.45, 2.75) is 31.7 Å². The SMILES string of the molecule is O=C(O)c1ccnc2c1cnn2C1CCCC1. The monoisotopic (exact) mass is 231 g/mol. The molecule has 2 aromatic heterocycles. The minimum atomic E-state index is -0.927. The third kappa shape index (κ3) is 1.58. The van der Waals surface area contributed by atoms with Crippen molar-refractivity contribution < 1.29 is 9.90 Å². The van der Waals surface area contributed by atoms with E-state index in [0.29, 0.717) is 17.1 Å². The van der Waals surface area contributed by atoms with E-state index in [4.69, 9.17) is 5.11 Å². The van der Waals surface area contributed by atoms with Gasteiger partial charge in [-0.15, -0.1) is 0 Å². The van der Waals surface area contributed by atoms with Gasteiger partial charge in [-0.1, -0.05) is 12.8 Å². The van der Waals surface area contributed by atoms with Crippen LogP contribution in [-0.4, -0.2) is 25.8 Å². The molecule has 3 rings (SSSR count). The predicted octanol–water partition coefficient (Wildman–Crippen LogP) is 2.24. The molecule has 17 heavy (non-hydrogen) atoms. The van der Waals surface area contributed by atoms with E-state index in [1.807, 2.05) is 4.68 Å². The fraction of sp³-hybridized carbons (Fsp3) is 0.417. The predicted molar refractivity (Wildman–Crippen MR) is 62.0 cm³/mol. The average molecular weight is 231 g/mol. The van der Waals surface area contributed by atoms with Crippen LogP contribution in [0.4, 0.5) is 0 Å². The van der Waals surface area contributed by atoms with Crippen LogP contribution >= 0.6 is 0 Å². The van der Waals surface area contributed by atoms with Gasteiger partial charge in [-0.05, 0) is 18.9 Å². The summed E-state index contributed by atoms with van der Waals surface area (Å²) in [7, 11) is 0. The standard InChI is InChI=1S/C12H13N3O2/c16-12(17)9-5-6-13-11-10(9)7-14-15(11)8-3-1-2-4-8/h5-8H,1-4H2,(H,16,17). The van der Waals surface area contributed by atoms with E-state index in [1.165, 1.54) is 18.9 Å². The Hall–Kier alpha value is -1.91. The zero-order valence-corrected chi connectivity index (χ0v) is 9.33. The third-order valence-electron chi connectivity index (χ3n) is 3.40. The molecule has 88 valence electrons. The van der Waals surface area contributed by atoms with E-state index in [2.05, 4.69) is 10.1 Å². The summed E-state index contributed by atoms with van der Waals surface area (Å²) in [6.45, 7) is 0. The summed E-state index contributed by atoms with van der Waals surface area (Å²) in [4.78, 5) is 15.3. The lowest BCUT2D eigenvalue weighted by molar-refractivity contribution is 0.0699. The molecule has 2 heterocycles. The first-order valence-corrected chi connectivity index (χ1v) is 5.83. The summed E-state index contributed by atoms with van der Waals surface area (Å²) in [5.74, 6) is -0.927. The van der Waals surface area contributed by atoms with Gasteiger partial charge in [-0.2, -0.15) is 5.10 Å². The van der Waals surface area contributed by atoms with Gasteiger partial charge in [0.05, 0.1) is 23.2 Å². The van der Waals surface area contributed by atoms with Gasteiger partial charge in [0.25, 0.3) is 0 Å². The second kappa shape index (κ2) is 3.84. The van der Waals surface area contributed by atoms with E-state index in [1.54, 1.807) is 12.4 Å². The number of hydrogen-bond donors (Lipinski definition) is 1. The van der Waals surface area contributed by atoms with Crippen molar-refractivity contribution in [3.05, 3.63) is 24.0 Å². The zero-order chi connectivity index (χ0) is 11.8. The quantitative estimate of drug-likeness (QED) is 0.860. The molecule has 0 bridgehead atoms. The van der Waals surface area contributed by atoms with E-state index in [9.17, 15) is 4.79 Å². The maximum atomic E-state index is 11.1. The van der Waals surface area contributed by atoms with Crippen molar-refractivity contribution in [3.8, 4) is 0 Å². The van der Waals surface area contributed by atoms with Gasteiger partial charge in [0, 0.05) is 6.20 Å². The number of fused-ring (bicyclic) bond motifs is 1. The molecule has 0 amide bonds. The molecule has 1 aliphatic carbocycles. The molecule has 1 fully saturated rings. The normalized spacial score (nSPS) is 16.7. The van der Waals surface area contributed by atoms with Crippen molar-refractivity contribution >= 4 is 17.0 Å². The molecule has 0 unspecified atom stereocenters. The number of aromatic nitrogens is 3. The van der Waals surface area contributed by atoms with Gasteiger partial charge in [0.1, 0.15) is 0 Å². The highest BCUT2D eigenvalue weighted by Gasteiger charge is 2.21. The summed E-state index contributed by atoms with van der Waals surface area (Å²) in [6, 6.07) is 1.90.